The summed E-state index contributed by atoms with van der Waals surface area (Å²) in [5.74, 6) is -2.43. The summed E-state index contributed by atoms with van der Waals surface area (Å²) >= 11 is 1.31. The second-order valence-electron chi connectivity index (χ2n) is 9.80. The highest BCUT2D eigenvalue weighted by Crippen LogP contribution is 2.62. The Morgan fingerprint density at radius 3 is 2.45 bits per heavy atom. The molecule has 1 fully saturated rings. The number of anilines is 1. The minimum atomic E-state index is -1.39. The van der Waals surface area contributed by atoms with Crippen LogP contribution < -0.4 is 5.32 Å². The zero-order valence-electron chi connectivity index (χ0n) is 20.0. The van der Waals surface area contributed by atoms with Crippen molar-refractivity contribution in [2.45, 2.75) is 17.5 Å². The van der Waals surface area contributed by atoms with Crippen LogP contribution in [-0.2, 0) is 10.2 Å². The van der Waals surface area contributed by atoms with E-state index in [0.717, 1.165) is 11.1 Å². The molecule has 3 aromatic carbocycles. The summed E-state index contributed by atoms with van der Waals surface area (Å²) in [4.78, 5) is 45.4. The number of para-hydroxylation sites is 1. The zero-order chi connectivity index (χ0) is 26.0. The van der Waals surface area contributed by atoms with Crippen LogP contribution in [0, 0.1) is 11.7 Å². The average Bonchev–Trinajstić information content (AvgIpc) is 3.65. The molecule has 0 aliphatic carbocycles. The number of hydrogen-bond donors (Lipinski definition) is 1. The molecule has 4 heterocycles. The van der Waals surface area contributed by atoms with Crippen LogP contribution in [-0.4, -0.2) is 28.4 Å². The van der Waals surface area contributed by atoms with E-state index in [1.807, 2.05) is 71.1 Å². The van der Waals surface area contributed by atoms with Gasteiger partial charge in [-0.3, -0.25) is 14.4 Å². The van der Waals surface area contributed by atoms with E-state index in [2.05, 4.69) is 5.32 Å². The summed E-state index contributed by atoms with van der Waals surface area (Å²) < 4.78 is 13.8. The molecule has 0 saturated carbocycles. The summed E-state index contributed by atoms with van der Waals surface area (Å²) in [6.45, 7) is 0. The Morgan fingerprint density at radius 2 is 1.66 bits per heavy atom. The fraction of sp³-hybridized carbons (Fsp3) is 0.129. The van der Waals surface area contributed by atoms with Gasteiger partial charge in [-0.2, -0.15) is 0 Å². The lowest BCUT2D eigenvalue weighted by molar-refractivity contribution is -0.122. The van der Waals surface area contributed by atoms with Crippen molar-refractivity contribution in [2.75, 3.05) is 5.32 Å². The maximum atomic E-state index is 14.5. The van der Waals surface area contributed by atoms with E-state index in [9.17, 15) is 18.8 Å². The number of ketones is 2. The number of amides is 1. The molecule has 1 N–H and O–H groups in total. The molecule has 0 radical (unpaired) electrons. The predicted molar refractivity (Wildman–Crippen MR) is 143 cm³/mol. The van der Waals surface area contributed by atoms with Gasteiger partial charge in [-0.15, -0.1) is 11.3 Å². The quantitative estimate of drug-likeness (QED) is 0.342. The number of halogens is 1. The average molecular weight is 521 g/mol. The van der Waals surface area contributed by atoms with Gasteiger partial charge in [0.1, 0.15) is 17.3 Å². The van der Waals surface area contributed by atoms with E-state index in [1.165, 1.54) is 35.6 Å². The van der Waals surface area contributed by atoms with E-state index in [-0.39, 0.29) is 23.0 Å². The smallest absolute Gasteiger partial charge is 0.238 e. The lowest BCUT2D eigenvalue weighted by Crippen LogP contribution is -2.49. The minimum absolute atomic E-state index is 0.219. The molecule has 0 bridgehead atoms. The van der Waals surface area contributed by atoms with Crippen molar-refractivity contribution in [1.82, 2.24) is 4.90 Å². The third-order valence-corrected chi connectivity index (χ3v) is 8.90. The SMILES string of the molecule is O=C(c1cccs1)[C@@H]1[C@@H](C(=O)c2ccc(F)cc2)[C@]2(C(=O)Nc3ccccc32)[C@H]2c3ccccc3C=CN12. The van der Waals surface area contributed by atoms with Gasteiger partial charge < -0.3 is 10.2 Å². The third-order valence-electron chi connectivity index (χ3n) is 8.01. The Bertz CT molecular complexity index is 1650. The van der Waals surface area contributed by atoms with E-state index in [4.69, 9.17) is 0 Å². The lowest BCUT2D eigenvalue weighted by Gasteiger charge is -2.38. The first-order chi connectivity index (χ1) is 18.5. The Hall–Kier alpha value is -4.36. The van der Waals surface area contributed by atoms with Gasteiger partial charge in [0, 0.05) is 17.5 Å². The van der Waals surface area contributed by atoms with E-state index in [0.29, 0.717) is 16.1 Å². The number of carbonyl (C=O) groups is 3. The minimum Gasteiger partial charge on any atom is -0.358 e. The maximum absolute atomic E-state index is 14.5. The fourth-order valence-corrected chi connectivity index (χ4v) is 7.22. The molecule has 1 spiro atoms. The van der Waals surface area contributed by atoms with Crippen molar-refractivity contribution >= 4 is 40.6 Å². The van der Waals surface area contributed by atoms with Crippen LogP contribution >= 0.6 is 11.3 Å². The van der Waals surface area contributed by atoms with Gasteiger partial charge in [-0.1, -0.05) is 48.5 Å². The lowest BCUT2D eigenvalue weighted by atomic mass is 9.63. The molecule has 1 amide bonds. The van der Waals surface area contributed by atoms with Crippen molar-refractivity contribution in [2.24, 2.45) is 5.92 Å². The van der Waals surface area contributed by atoms with Crippen molar-refractivity contribution in [3.63, 3.8) is 0 Å². The molecule has 38 heavy (non-hydrogen) atoms. The second-order valence-corrected chi connectivity index (χ2v) is 10.7. The first-order valence-corrected chi connectivity index (χ1v) is 13.2. The van der Waals surface area contributed by atoms with Crippen LogP contribution in [0.15, 0.2) is 96.5 Å². The van der Waals surface area contributed by atoms with Gasteiger partial charge in [-0.05, 0) is 64.5 Å². The van der Waals surface area contributed by atoms with Gasteiger partial charge in [0.15, 0.2) is 11.6 Å². The molecule has 3 aliphatic rings. The number of rotatable bonds is 4. The van der Waals surface area contributed by atoms with Gasteiger partial charge >= 0.3 is 0 Å². The standard InChI is InChI=1S/C31H21FN2O3S/c32-20-13-11-19(12-14-20)27(35)25-26(28(36)24-10-5-17-38-24)34-16-15-18-6-1-2-7-21(18)29(34)31(25)22-8-3-4-9-23(22)33-30(31)37/h1-17,25-26,29H,(H,33,37)/t25-,26-,29+,31-/m0/s1. The number of thiophene rings is 1. The van der Waals surface area contributed by atoms with E-state index in [1.54, 1.807) is 12.1 Å². The first-order valence-electron chi connectivity index (χ1n) is 12.3. The summed E-state index contributed by atoms with van der Waals surface area (Å²) in [5.41, 5.74) is 2.00. The summed E-state index contributed by atoms with van der Waals surface area (Å²) in [6.07, 6.45) is 3.77. The molecular weight excluding hydrogens is 499 g/mol. The number of nitrogens with zero attached hydrogens (tertiary/aromatic N) is 1. The maximum Gasteiger partial charge on any atom is 0.238 e. The zero-order valence-corrected chi connectivity index (χ0v) is 20.8. The van der Waals surface area contributed by atoms with Crippen molar-refractivity contribution < 1.29 is 18.8 Å². The molecule has 0 unspecified atom stereocenters. The number of carbonyl (C=O) groups excluding carboxylic acids is 3. The van der Waals surface area contributed by atoms with Crippen molar-refractivity contribution in [3.05, 3.63) is 129 Å². The predicted octanol–water partition coefficient (Wildman–Crippen LogP) is 5.87. The Morgan fingerprint density at radius 1 is 0.895 bits per heavy atom. The monoisotopic (exact) mass is 520 g/mol. The van der Waals surface area contributed by atoms with Gasteiger partial charge in [0.2, 0.25) is 5.91 Å². The first kappa shape index (κ1) is 22.8. The molecule has 7 heteroatoms. The Balaban J connectivity index is 1.55. The summed E-state index contributed by atoms with van der Waals surface area (Å²) in [5, 5.41) is 4.85. The molecule has 1 aromatic heterocycles. The van der Waals surface area contributed by atoms with Gasteiger partial charge in [-0.25, -0.2) is 4.39 Å². The molecule has 4 atom stereocenters. The van der Waals surface area contributed by atoms with Crippen LogP contribution in [0.4, 0.5) is 10.1 Å². The molecule has 3 aliphatic heterocycles. The molecule has 7 rings (SSSR count). The second kappa shape index (κ2) is 8.33. The van der Waals surface area contributed by atoms with Crippen molar-refractivity contribution in [1.29, 1.82) is 0 Å². The number of Topliss-reactive ketones (excluding diaryl/α,β-unsaturated/α-hetero) is 2. The van der Waals surface area contributed by atoms with Crippen LogP contribution in [0.2, 0.25) is 0 Å². The number of hydrogen-bond acceptors (Lipinski definition) is 5. The fourth-order valence-electron chi connectivity index (χ4n) is 6.53. The van der Waals surface area contributed by atoms with Gasteiger partial charge in [0.05, 0.1) is 16.8 Å². The van der Waals surface area contributed by atoms with Crippen LogP contribution in [0.5, 0.6) is 0 Å². The molecule has 4 aromatic rings. The van der Waals surface area contributed by atoms with Crippen LogP contribution in [0.3, 0.4) is 0 Å². The Labute approximate surface area is 222 Å². The summed E-state index contributed by atoms with van der Waals surface area (Å²) in [6, 6.07) is 22.5. The molecule has 186 valence electrons. The van der Waals surface area contributed by atoms with Crippen LogP contribution in [0.25, 0.3) is 6.08 Å². The molecular formula is C31H21FN2O3S. The number of benzene rings is 3. The molecule has 1 saturated heterocycles. The van der Waals surface area contributed by atoms with Crippen LogP contribution in [0.1, 0.15) is 42.8 Å². The number of fused-ring (bicyclic) bond motifs is 6. The highest BCUT2D eigenvalue weighted by Gasteiger charge is 2.70. The van der Waals surface area contributed by atoms with E-state index < -0.39 is 29.2 Å². The van der Waals surface area contributed by atoms with Crippen molar-refractivity contribution in [3.8, 4) is 0 Å². The normalized spacial score (nSPS) is 24.6. The largest absolute Gasteiger partial charge is 0.358 e. The van der Waals surface area contributed by atoms with Gasteiger partial charge in [0.25, 0.3) is 0 Å². The highest BCUT2D eigenvalue weighted by molar-refractivity contribution is 7.12. The topological polar surface area (TPSA) is 66.5 Å². The Kier molecular flexibility index (Phi) is 5.00. The number of nitrogens with one attached hydrogen (secondary N) is 1. The van der Waals surface area contributed by atoms with E-state index >= 15 is 0 Å². The third kappa shape index (κ3) is 2.99. The summed E-state index contributed by atoms with van der Waals surface area (Å²) in [7, 11) is 0. The highest BCUT2D eigenvalue weighted by atomic mass is 32.1. The molecule has 5 nitrogen and oxygen atoms in total.